The Bertz CT molecular complexity index is 2000. The van der Waals surface area contributed by atoms with Crippen LogP contribution in [0.3, 0.4) is 0 Å². The van der Waals surface area contributed by atoms with Gasteiger partial charge >= 0.3 is 0 Å². The van der Waals surface area contributed by atoms with E-state index in [0.29, 0.717) is 40.1 Å². The van der Waals surface area contributed by atoms with Gasteiger partial charge in [0.1, 0.15) is 23.4 Å². The Balaban J connectivity index is 1.32. The standard InChI is InChI=1S/C36H43ClN6O7S/c1-7-21-15-36(21,34(46)42-51(47,48)25-9-10-25)43-19-24(50-33-27-13-22(37)8-11-26(27)29(49-6)18-39-33)14-28(43)31(44)41-32(45)30(35(3,4)5)40-23-12-20(2)16-38-17-23/h7-8,11-13,16-18,21,24-25,28,30,40H,1,9-10,14-15,19H2,2-6H3,(H,42,46)(H,41,44,45)/t21-,24-,28+,30?,36-/m1/s1. The average molecular weight is 739 g/mol. The molecule has 1 aromatic carbocycles. The number of likely N-dealkylation sites (tertiary alicyclic amines) is 1. The van der Waals surface area contributed by atoms with E-state index in [2.05, 4.69) is 31.9 Å². The van der Waals surface area contributed by atoms with Crippen molar-refractivity contribution in [3.05, 3.63) is 66.1 Å². The smallest absolute Gasteiger partial charge is 0.254 e. The van der Waals surface area contributed by atoms with Crippen LogP contribution in [0, 0.1) is 18.3 Å². The van der Waals surface area contributed by atoms with Crippen LogP contribution in [-0.4, -0.2) is 83.6 Å². The molecule has 1 unspecified atom stereocenters. The number of amides is 3. The molecule has 6 rings (SSSR count). The molecular weight excluding hydrogens is 696 g/mol. The first-order chi connectivity index (χ1) is 24.1. The summed E-state index contributed by atoms with van der Waals surface area (Å²) in [4.78, 5) is 52.4. The topological polar surface area (TPSA) is 169 Å². The molecule has 3 heterocycles. The number of imide groups is 1. The van der Waals surface area contributed by atoms with Crippen molar-refractivity contribution in [1.82, 2.24) is 24.9 Å². The van der Waals surface area contributed by atoms with Crippen molar-refractivity contribution >= 4 is 55.8 Å². The summed E-state index contributed by atoms with van der Waals surface area (Å²) < 4.78 is 40.1. The molecule has 3 amide bonds. The van der Waals surface area contributed by atoms with Gasteiger partial charge in [-0.1, -0.05) is 38.4 Å². The molecule has 3 aliphatic rings. The van der Waals surface area contributed by atoms with Gasteiger partial charge in [-0.2, -0.15) is 0 Å². The molecule has 272 valence electrons. The highest BCUT2D eigenvalue weighted by Crippen LogP contribution is 2.53. The lowest BCUT2D eigenvalue weighted by atomic mass is 9.86. The Labute approximate surface area is 302 Å². The van der Waals surface area contributed by atoms with E-state index < -0.39 is 68.1 Å². The van der Waals surface area contributed by atoms with Gasteiger partial charge in [0.25, 0.3) is 5.91 Å². The molecule has 0 radical (unpaired) electrons. The quantitative estimate of drug-likeness (QED) is 0.228. The van der Waals surface area contributed by atoms with E-state index in [9.17, 15) is 22.8 Å². The number of hydrogen-bond acceptors (Lipinski definition) is 11. The number of methoxy groups -OCH3 is 1. The third-order valence-corrected chi connectivity index (χ3v) is 11.8. The fourth-order valence-electron chi connectivity index (χ4n) is 6.86. The van der Waals surface area contributed by atoms with Crippen molar-refractivity contribution in [2.45, 2.75) is 82.4 Å². The molecule has 2 aliphatic carbocycles. The summed E-state index contributed by atoms with van der Waals surface area (Å²) >= 11 is 6.34. The van der Waals surface area contributed by atoms with Gasteiger partial charge < -0.3 is 14.8 Å². The highest BCUT2D eigenvalue weighted by Gasteiger charge is 2.67. The third kappa shape index (κ3) is 7.40. The number of sulfonamides is 1. The maximum atomic E-state index is 14.2. The number of anilines is 1. The van der Waals surface area contributed by atoms with Gasteiger partial charge in [0.15, 0.2) is 0 Å². The largest absolute Gasteiger partial charge is 0.494 e. The van der Waals surface area contributed by atoms with Gasteiger partial charge in [-0.25, -0.2) is 13.4 Å². The number of benzene rings is 1. The predicted molar refractivity (Wildman–Crippen MR) is 193 cm³/mol. The van der Waals surface area contributed by atoms with Gasteiger partial charge in [-0.15, -0.1) is 6.58 Å². The zero-order chi connectivity index (χ0) is 36.9. The molecule has 1 aliphatic heterocycles. The van der Waals surface area contributed by atoms with Crippen LogP contribution in [0.2, 0.25) is 5.02 Å². The maximum Gasteiger partial charge on any atom is 0.254 e. The second-order valence-electron chi connectivity index (χ2n) is 14.7. The molecule has 0 spiro atoms. The first-order valence-electron chi connectivity index (χ1n) is 16.8. The van der Waals surface area contributed by atoms with E-state index >= 15 is 0 Å². The Morgan fingerprint density at radius 1 is 1.14 bits per heavy atom. The van der Waals surface area contributed by atoms with Crippen molar-refractivity contribution in [2.24, 2.45) is 11.3 Å². The second kappa shape index (κ2) is 13.7. The number of halogens is 1. The molecule has 2 aromatic heterocycles. The zero-order valence-corrected chi connectivity index (χ0v) is 30.8. The number of pyridine rings is 2. The number of nitrogens with zero attached hydrogens (tertiary/aromatic N) is 3. The predicted octanol–water partition coefficient (Wildman–Crippen LogP) is 4.14. The molecule has 15 heteroatoms. The van der Waals surface area contributed by atoms with E-state index in [0.717, 1.165) is 5.56 Å². The van der Waals surface area contributed by atoms with Gasteiger partial charge in [-0.3, -0.25) is 34.3 Å². The maximum absolute atomic E-state index is 14.2. The third-order valence-electron chi connectivity index (χ3n) is 9.77. The molecule has 5 atom stereocenters. The number of carbonyl (C=O) groups is 3. The normalized spacial score (nSPS) is 24.0. The first kappa shape index (κ1) is 36.5. The summed E-state index contributed by atoms with van der Waals surface area (Å²) in [7, 11) is -2.37. The number of carbonyl (C=O) groups excluding carboxylic acids is 3. The van der Waals surface area contributed by atoms with Crippen LogP contribution in [0.4, 0.5) is 5.69 Å². The van der Waals surface area contributed by atoms with E-state index in [-0.39, 0.29) is 25.3 Å². The number of nitrogens with one attached hydrogen (secondary N) is 3. The molecule has 3 aromatic rings. The molecule has 1 saturated heterocycles. The van der Waals surface area contributed by atoms with Gasteiger partial charge in [0.2, 0.25) is 27.7 Å². The lowest BCUT2D eigenvalue weighted by Crippen LogP contribution is -2.59. The number of aryl methyl sites for hydroxylation is 1. The summed E-state index contributed by atoms with van der Waals surface area (Å²) in [5.74, 6) is -1.64. The lowest BCUT2D eigenvalue weighted by molar-refractivity contribution is -0.136. The Morgan fingerprint density at radius 3 is 2.51 bits per heavy atom. The van der Waals surface area contributed by atoms with Crippen molar-refractivity contribution in [3.63, 3.8) is 0 Å². The average Bonchev–Trinajstić information content (AvgIpc) is 4.00. The number of rotatable bonds is 12. The first-order valence-corrected chi connectivity index (χ1v) is 18.8. The Hall–Kier alpha value is -4.27. The van der Waals surface area contributed by atoms with Crippen LogP contribution < -0.4 is 24.8 Å². The Morgan fingerprint density at radius 2 is 1.88 bits per heavy atom. The molecule has 3 N–H and O–H groups in total. The molecule has 2 saturated carbocycles. The van der Waals surface area contributed by atoms with Crippen molar-refractivity contribution in [2.75, 3.05) is 19.0 Å². The molecule has 3 fully saturated rings. The summed E-state index contributed by atoms with van der Waals surface area (Å²) in [5.41, 5.74) is -0.514. The highest BCUT2D eigenvalue weighted by molar-refractivity contribution is 7.91. The van der Waals surface area contributed by atoms with Gasteiger partial charge in [0.05, 0.1) is 30.3 Å². The fourth-order valence-corrected chi connectivity index (χ4v) is 8.39. The van der Waals surface area contributed by atoms with Crippen LogP contribution in [0.1, 0.15) is 52.0 Å². The lowest BCUT2D eigenvalue weighted by Gasteiger charge is -2.34. The van der Waals surface area contributed by atoms with Gasteiger partial charge in [-0.05, 0) is 61.4 Å². The Kier molecular flexibility index (Phi) is 9.81. The number of ether oxygens (including phenoxy) is 2. The van der Waals surface area contributed by atoms with E-state index in [1.54, 1.807) is 41.6 Å². The van der Waals surface area contributed by atoms with Crippen molar-refractivity contribution in [3.8, 4) is 11.6 Å². The summed E-state index contributed by atoms with van der Waals surface area (Å²) in [6.07, 6.45) is 6.98. The minimum atomic E-state index is -3.90. The van der Waals surface area contributed by atoms with Crippen LogP contribution in [0.15, 0.2) is 55.5 Å². The van der Waals surface area contributed by atoms with Crippen LogP contribution in [-0.2, 0) is 24.4 Å². The fraction of sp³-hybridized carbons (Fsp3) is 0.472. The number of fused-ring (bicyclic) bond motifs is 1. The van der Waals surface area contributed by atoms with Crippen LogP contribution >= 0.6 is 11.6 Å². The van der Waals surface area contributed by atoms with Crippen molar-refractivity contribution < 1.29 is 32.3 Å². The van der Waals surface area contributed by atoms with E-state index in [4.69, 9.17) is 21.1 Å². The zero-order valence-electron chi connectivity index (χ0n) is 29.2. The molecule has 51 heavy (non-hydrogen) atoms. The van der Waals surface area contributed by atoms with Crippen molar-refractivity contribution in [1.29, 1.82) is 0 Å². The highest BCUT2D eigenvalue weighted by atomic mass is 35.5. The molecular formula is C36H43ClN6O7S. The van der Waals surface area contributed by atoms with Gasteiger partial charge in [0, 0.05) is 47.1 Å². The van der Waals surface area contributed by atoms with E-state index in [1.165, 1.54) is 13.3 Å². The molecule has 0 bridgehead atoms. The van der Waals surface area contributed by atoms with E-state index in [1.807, 2.05) is 33.8 Å². The minimum absolute atomic E-state index is 0.0548. The second-order valence-corrected chi connectivity index (χ2v) is 17.1. The monoisotopic (exact) mass is 738 g/mol. The summed E-state index contributed by atoms with van der Waals surface area (Å²) in [6, 6.07) is 5.18. The molecule has 13 nitrogen and oxygen atoms in total. The summed E-state index contributed by atoms with van der Waals surface area (Å²) in [6.45, 7) is 11.5. The van der Waals surface area contributed by atoms with Crippen LogP contribution in [0.5, 0.6) is 11.6 Å². The summed E-state index contributed by atoms with van der Waals surface area (Å²) in [5, 5.41) is 6.93. The SMILES string of the molecule is C=C[C@@H]1C[C@@]1(C(=O)NS(=O)(=O)C1CC1)N1C[C@H](Oc2ncc(OC)c3ccc(Cl)cc23)C[C@H]1C(=O)NC(=O)C(Nc1cncc(C)c1)C(C)(C)C. The minimum Gasteiger partial charge on any atom is -0.494 e. The van der Waals surface area contributed by atoms with Crippen LogP contribution in [0.25, 0.3) is 10.8 Å². The number of aromatic nitrogens is 2. The number of hydrogen-bond donors (Lipinski definition) is 3.